The van der Waals surface area contributed by atoms with Gasteiger partial charge in [0.2, 0.25) is 0 Å². The van der Waals surface area contributed by atoms with Crippen LogP contribution >= 0.6 is 0 Å². The highest BCUT2D eigenvalue weighted by molar-refractivity contribution is 6.35. The van der Waals surface area contributed by atoms with Crippen LogP contribution in [-0.4, -0.2) is 27.3 Å². The highest BCUT2D eigenvalue weighted by Crippen LogP contribution is 2.23. The number of halogens is 2. The van der Waals surface area contributed by atoms with Crippen molar-refractivity contribution in [2.75, 3.05) is 19.0 Å². The molecule has 0 fully saturated rings. The minimum absolute atomic E-state index is 0.109. The summed E-state index contributed by atoms with van der Waals surface area (Å²) in [6.07, 6.45) is 3.00. The molecule has 0 unspecified atom stereocenters. The largest absolute Gasteiger partial charge is 0.796 e. The number of nitrogens with zero attached hydrogens (tertiary/aromatic N) is 1. The van der Waals surface area contributed by atoms with Crippen molar-refractivity contribution in [3.8, 4) is 5.75 Å². The summed E-state index contributed by atoms with van der Waals surface area (Å²) in [6.45, 7) is 1.74. The molecule has 0 saturated heterocycles. The number of hydrogen-bond acceptors (Lipinski definition) is 3. The maximum Gasteiger partial charge on any atom is 0.796 e. The monoisotopic (exact) mass is 329 g/mol. The smallest absolute Gasteiger partial charge is 0.505 e. The quantitative estimate of drug-likeness (QED) is 0.451. The molecule has 2 aromatic carbocycles. The van der Waals surface area contributed by atoms with Crippen molar-refractivity contribution in [3.63, 3.8) is 0 Å². The molecule has 0 aliphatic carbocycles. The van der Waals surface area contributed by atoms with Gasteiger partial charge in [0.05, 0.1) is 5.56 Å². The van der Waals surface area contributed by atoms with Crippen molar-refractivity contribution in [1.82, 2.24) is 0 Å². The Morgan fingerprint density at radius 2 is 1.79 bits per heavy atom. The van der Waals surface area contributed by atoms with Gasteiger partial charge in [-0.25, -0.2) is 8.63 Å². The Bertz CT molecular complexity index is 743. The molecule has 6 heteroatoms. The summed E-state index contributed by atoms with van der Waals surface area (Å²) < 4.78 is 29.4. The van der Waals surface area contributed by atoms with E-state index in [0.29, 0.717) is 0 Å². The number of rotatable bonds is 6. The lowest BCUT2D eigenvalue weighted by atomic mass is 10.0. The highest BCUT2D eigenvalue weighted by Gasteiger charge is 2.21. The van der Waals surface area contributed by atoms with Crippen LogP contribution in [0.15, 0.2) is 48.5 Å². The van der Waals surface area contributed by atoms with Gasteiger partial charge < -0.3 is 9.55 Å². The normalized spacial score (nSPS) is 10.7. The predicted molar refractivity (Wildman–Crippen MR) is 93.9 cm³/mol. The van der Waals surface area contributed by atoms with Crippen LogP contribution in [0.5, 0.6) is 5.75 Å². The predicted octanol–water partition coefficient (Wildman–Crippen LogP) is 4.26. The van der Waals surface area contributed by atoms with Crippen molar-refractivity contribution in [2.45, 2.75) is 6.92 Å². The first-order chi connectivity index (χ1) is 11.4. The molecule has 0 aromatic heterocycles. The number of hydrogen-bond donors (Lipinski definition) is 0. The average Bonchev–Trinajstić information content (AvgIpc) is 2.52. The van der Waals surface area contributed by atoms with Crippen LogP contribution < -0.4 is 9.55 Å². The summed E-state index contributed by atoms with van der Waals surface area (Å²) in [6, 6.07) is 12.2. The molecule has 24 heavy (non-hydrogen) atoms. The van der Waals surface area contributed by atoms with E-state index in [1.165, 1.54) is 18.2 Å². The van der Waals surface area contributed by atoms with E-state index in [4.69, 9.17) is 0 Å². The molecule has 0 amide bonds. The van der Waals surface area contributed by atoms with E-state index in [1.54, 1.807) is 19.1 Å². The first kappa shape index (κ1) is 17.7. The molecule has 3 nitrogen and oxygen atoms in total. The lowest BCUT2D eigenvalue weighted by Gasteiger charge is -2.11. The zero-order valence-electron chi connectivity index (χ0n) is 13.8. The van der Waals surface area contributed by atoms with Crippen molar-refractivity contribution in [2.24, 2.45) is 0 Å². The number of aryl methyl sites for hydroxylation is 1. The first-order valence-electron chi connectivity index (χ1n) is 7.42. The molecule has 0 N–H and O–H groups in total. The van der Waals surface area contributed by atoms with Crippen molar-refractivity contribution < 1.29 is 18.1 Å². The first-order valence-corrected chi connectivity index (χ1v) is 7.42. The highest BCUT2D eigenvalue weighted by atomic mass is 19.2. The van der Waals surface area contributed by atoms with E-state index >= 15 is 0 Å². The van der Waals surface area contributed by atoms with E-state index in [2.05, 4.69) is 4.65 Å². The van der Waals surface area contributed by atoms with Gasteiger partial charge in [-0.1, -0.05) is 24.3 Å². The van der Waals surface area contributed by atoms with Crippen molar-refractivity contribution >= 4 is 25.0 Å². The lowest BCUT2D eigenvalue weighted by Crippen LogP contribution is -2.11. The Morgan fingerprint density at radius 3 is 2.38 bits per heavy atom. The van der Waals surface area contributed by atoms with Crippen LogP contribution in [0.25, 0.3) is 6.08 Å². The summed E-state index contributed by atoms with van der Waals surface area (Å²) in [5.74, 6) is -0.495. The van der Waals surface area contributed by atoms with E-state index in [0.717, 1.165) is 16.8 Å². The molecule has 0 bridgehead atoms. The summed E-state index contributed by atoms with van der Waals surface area (Å²) in [5.41, 5.74) is 2.74. The second-order valence-electron chi connectivity index (χ2n) is 5.56. The SMILES string of the molecule is Cc1ccc(C(=O)/C=C/c2ccc(N(C)C)cc2)c(OB(F)F)c1. The zero-order valence-corrected chi connectivity index (χ0v) is 13.8. The molecule has 0 aliphatic rings. The molecule has 0 heterocycles. The van der Waals surface area contributed by atoms with Gasteiger partial charge in [0.1, 0.15) is 5.75 Å². The number of ketones is 1. The third kappa shape index (κ3) is 4.68. The molecular weight excluding hydrogens is 311 g/mol. The lowest BCUT2D eigenvalue weighted by molar-refractivity contribution is 0.104. The average molecular weight is 329 g/mol. The molecule has 0 radical (unpaired) electrons. The molecule has 0 saturated carbocycles. The van der Waals surface area contributed by atoms with Gasteiger partial charge in [-0.3, -0.25) is 4.79 Å². The summed E-state index contributed by atoms with van der Waals surface area (Å²) >= 11 is 0. The van der Waals surface area contributed by atoms with E-state index < -0.39 is 7.47 Å². The number of carbonyl (C=O) groups excluding carboxylic acids is 1. The van der Waals surface area contributed by atoms with Gasteiger partial charge in [0.25, 0.3) is 0 Å². The topological polar surface area (TPSA) is 29.5 Å². The van der Waals surface area contributed by atoms with Crippen LogP contribution in [-0.2, 0) is 0 Å². The van der Waals surface area contributed by atoms with E-state index in [9.17, 15) is 13.4 Å². The third-order valence-electron chi connectivity index (χ3n) is 3.46. The molecular formula is C18H18BF2NO2. The second kappa shape index (κ2) is 7.77. The van der Waals surface area contributed by atoms with E-state index in [1.807, 2.05) is 43.3 Å². The molecule has 124 valence electrons. The van der Waals surface area contributed by atoms with Crippen LogP contribution in [0.3, 0.4) is 0 Å². The second-order valence-corrected chi connectivity index (χ2v) is 5.56. The number of allylic oxidation sites excluding steroid dienone is 1. The number of anilines is 1. The fourth-order valence-corrected chi connectivity index (χ4v) is 2.17. The van der Waals surface area contributed by atoms with E-state index in [-0.39, 0.29) is 17.1 Å². The Kier molecular flexibility index (Phi) is 5.74. The summed E-state index contributed by atoms with van der Waals surface area (Å²) in [4.78, 5) is 14.3. The molecule has 2 aromatic rings. The maximum atomic E-state index is 12.5. The van der Waals surface area contributed by atoms with Gasteiger partial charge in [-0.05, 0) is 48.4 Å². The van der Waals surface area contributed by atoms with Gasteiger partial charge in [-0.2, -0.15) is 0 Å². The standard InChI is InChI=1S/C18H18BF2NO2/c1-13-4-10-16(18(12-13)24-19(20)21)17(23)11-7-14-5-8-15(9-6-14)22(2)3/h4-12H,1-3H3/b11-7+. The number of carbonyl (C=O) groups is 1. The molecule has 2 rings (SSSR count). The van der Waals surface area contributed by atoms with Gasteiger partial charge >= 0.3 is 7.47 Å². The minimum atomic E-state index is -2.97. The van der Waals surface area contributed by atoms with Crippen LogP contribution in [0.4, 0.5) is 14.3 Å². The molecule has 0 atom stereocenters. The maximum absolute atomic E-state index is 12.5. The van der Waals surface area contributed by atoms with Crippen molar-refractivity contribution in [1.29, 1.82) is 0 Å². The Morgan fingerprint density at radius 1 is 1.12 bits per heavy atom. The Hall–Kier alpha value is -2.63. The third-order valence-corrected chi connectivity index (χ3v) is 3.46. The number of benzene rings is 2. The fraction of sp³-hybridized carbons (Fsp3) is 0.167. The van der Waals surface area contributed by atoms with Crippen LogP contribution in [0, 0.1) is 6.92 Å². The minimum Gasteiger partial charge on any atom is -0.505 e. The summed E-state index contributed by atoms with van der Waals surface area (Å²) in [5, 5.41) is 0. The van der Waals surface area contributed by atoms with Gasteiger partial charge in [-0.15, -0.1) is 0 Å². The molecule has 0 spiro atoms. The fourth-order valence-electron chi connectivity index (χ4n) is 2.17. The van der Waals surface area contributed by atoms with Crippen molar-refractivity contribution in [3.05, 3.63) is 65.2 Å². The Balaban J connectivity index is 2.19. The van der Waals surface area contributed by atoms with Gasteiger partial charge in [0.15, 0.2) is 5.78 Å². The zero-order chi connectivity index (χ0) is 17.7. The van der Waals surface area contributed by atoms with Gasteiger partial charge in [0, 0.05) is 19.8 Å². The summed E-state index contributed by atoms with van der Waals surface area (Å²) in [7, 11) is 0.910. The Labute approximate surface area is 140 Å². The molecule has 0 aliphatic heterocycles. The van der Waals surface area contributed by atoms with Crippen LogP contribution in [0.1, 0.15) is 21.5 Å². The van der Waals surface area contributed by atoms with Crippen LogP contribution in [0.2, 0.25) is 0 Å².